The van der Waals surface area contributed by atoms with Gasteiger partial charge in [-0.05, 0) is 26.1 Å². The van der Waals surface area contributed by atoms with E-state index in [1.807, 2.05) is 13.8 Å². The van der Waals surface area contributed by atoms with E-state index in [1.165, 1.54) is 0 Å². The van der Waals surface area contributed by atoms with Gasteiger partial charge >= 0.3 is 0 Å². The molecule has 0 radical (unpaired) electrons. The fourth-order valence-corrected chi connectivity index (χ4v) is 4.32. The van der Waals surface area contributed by atoms with Crippen LogP contribution in [0.4, 0.5) is 0 Å². The van der Waals surface area contributed by atoms with E-state index in [-0.39, 0.29) is 15.2 Å². The molecule has 0 saturated heterocycles. The maximum Gasteiger partial charge on any atom is 0.169 e. The Bertz CT molecular complexity index is 184. The van der Waals surface area contributed by atoms with Gasteiger partial charge in [-0.1, -0.05) is 26.5 Å². The molecule has 0 atom stereocenters. The first kappa shape index (κ1) is 17.2. The van der Waals surface area contributed by atoms with Crippen molar-refractivity contribution in [3.8, 4) is 0 Å². The van der Waals surface area contributed by atoms with Crippen molar-refractivity contribution in [1.82, 2.24) is 0 Å². The Morgan fingerprint density at radius 1 is 1.40 bits per heavy atom. The number of hydrogen-bond donors (Lipinski definition) is 0. The Labute approximate surface area is 98.2 Å². The van der Waals surface area contributed by atoms with Crippen molar-refractivity contribution in [3.63, 3.8) is 0 Å². The van der Waals surface area contributed by atoms with Crippen LogP contribution in [-0.4, -0.2) is 24.4 Å². The summed E-state index contributed by atoms with van der Waals surface area (Å²) in [6.07, 6.45) is 3.47. The molecule has 0 N–H and O–H groups in total. The van der Waals surface area contributed by atoms with Crippen molar-refractivity contribution < 1.29 is 8.91 Å². The number of carbonyl (C=O) groups excluding carboxylic acids is 1. The molecular weight excluding hydrogens is 220 g/mol. The van der Waals surface area contributed by atoms with Crippen LogP contribution in [0.2, 0.25) is 26.2 Å². The van der Waals surface area contributed by atoms with Crippen LogP contribution in [0.3, 0.4) is 0 Å². The van der Waals surface area contributed by atoms with E-state index < -0.39 is 8.32 Å². The molecule has 0 heterocycles. The molecule has 4 heteroatoms. The van der Waals surface area contributed by atoms with E-state index in [0.29, 0.717) is 0 Å². The highest BCUT2D eigenvalue weighted by Crippen LogP contribution is 2.15. The molecule has 0 aromatic heterocycles. The van der Waals surface area contributed by atoms with Crippen LogP contribution in [0.15, 0.2) is 12.7 Å². The third kappa shape index (κ3) is 16.5. The molecule has 0 unspecified atom stereocenters. The lowest BCUT2D eigenvalue weighted by molar-refractivity contribution is -0.114. The summed E-state index contributed by atoms with van der Waals surface area (Å²) in [6, 6.07) is 0. The molecule has 2 nitrogen and oxygen atoms in total. The fraction of sp³-hybridized carbons (Fsp3) is 0.727. The highest BCUT2D eigenvalue weighted by atomic mass is 28.4. The third-order valence-corrected chi connectivity index (χ3v) is 6.19. The van der Waals surface area contributed by atoms with Crippen LogP contribution < -0.4 is 0 Å². The highest BCUT2D eigenvalue weighted by Gasteiger charge is 2.12. The van der Waals surface area contributed by atoms with Crippen LogP contribution in [0.25, 0.3) is 0 Å². The Hall–Kier alpha value is -0.196. The molecule has 0 amide bonds. The zero-order valence-electron chi connectivity index (χ0n) is 11.1. The molecule has 0 fully saturated rings. The van der Waals surface area contributed by atoms with Crippen LogP contribution >= 0.6 is 0 Å². The molecule has 0 aromatic rings. The van der Waals surface area contributed by atoms with Gasteiger partial charge < -0.3 is 8.91 Å². The van der Waals surface area contributed by atoms with Crippen molar-refractivity contribution in [2.24, 2.45) is 5.41 Å². The predicted octanol–water partition coefficient (Wildman–Crippen LogP) is 2.76. The topological polar surface area (TPSA) is 26.3 Å². The minimum Gasteiger partial charge on any atom is -0.461 e. The molecule has 0 rings (SSSR count). The van der Waals surface area contributed by atoms with Crippen molar-refractivity contribution >= 4 is 24.4 Å². The Morgan fingerprint density at radius 2 is 1.87 bits per heavy atom. The maximum atomic E-state index is 10.2. The first-order valence-electron chi connectivity index (χ1n) is 5.39. The molecule has 0 aliphatic carbocycles. The second-order valence-electron chi connectivity index (χ2n) is 5.14. The number of allylic oxidation sites excluding steroid dienone is 1. The highest BCUT2D eigenvalue weighted by molar-refractivity contribution is 6.73. The number of hydrogen-bond acceptors (Lipinski definition) is 2. The predicted molar refractivity (Wildman–Crippen MR) is 73.5 cm³/mol. The second-order valence-corrected chi connectivity index (χ2v) is 11.1. The van der Waals surface area contributed by atoms with E-state index in [1.54, 1.807) is 6.08 Å². The summed E-state index contributed by atoms with van der Waals surface area (Å²) in [5.41, 5.74) is -0.207. The van der Waals surface area contributed by atoms with E-state index in [9.17, 15) is 4.79 Å². The van der Waals surface area contributed by atoms with Gasteiger partial charge in [0.15, 0.2) is 8.32 Å². The molecular formula is C11H26O2Si2. The Kier molecular flexibility index (Phi) is 9.19. The van der Waals surface area contributed by atoms with Crippen LogP contribution in [0.1, 0.15) is 20.3 Å². The standard InChI is InChI=1S/C7H12O.C4H14OSi2/c1-4-5-7(2,3)6-8;1-6-5-7(2,3)4/h4,6H,1,5H2,2-3H3;6H2,1-4H3. The van der Waals surface area contributed by atoms with Gasteiger partial charge in [-0.25, -0.2) is 0 Å². The van der Waals surface area contributed by atoms with E-state index in [2.05, 4.69) is 32.8 Å². The van der Waals surface area contributed by atoms with Gasteiger partial charge in [0.1, 0.15) is 16.0 Å². The molecule has 0 aromatic carbocycles. The zero-order chi connectivity index (χ0) is 12.5. The molecule has 0 saturated carbocycles. The molecule has 15 heavy (non-hydrogen) atoms. The molecule has 0 aliphatic rings. The summed E-state index contributed by atoms with van der Waals surface area (Å²) in [6.45, 7) is 16.2. The van der Waals surface area contributed by atoms with Crippen molar-refractivity contribution in [2.45, 2.75) is 46.5 Å². The van der Waals surface area contributed by atoms with Crippen LogP contribution in [0, 0.1) is 5.41 Å². The summed E-state index contributed by atoms with van der Waals surface area (Å²) in [7, 11) is -1.22. The second kappa shape index (κ2) is 8.01. The normalized spacial score (nSPS) is 12.1. The molecule has 0 aliphatic heterocycles. The summed E-state index contributed by atoms with van der Waals surface area (Å²) >= 11 is 0. The molecule has 0 bridgehead atoms. The minimum atomic E-state index is -1.10. The van der Waals surface area contributed by atoms with Gasteiger partial charge in [-0.3, -0.25) is 0 Å². The van der Waals surface area contributed by atoms with E-state index in [4.69, 9.17) is 4.12 Å². The first-order chi connectivity index (χ1) is 6.68. The van der Waals surface area contributed by atoms with Gasteiger partial charge in [-0.2, -0.15) is 0 Å². The van der Waals surface area contributed by atoms with E-state index >= 15 is 0 Å². The summed E-state index contributed by atoms with van der Waals surface area (Å²) < 4.78 is 5.51. The Morgan fingerprint density at radius 3 is 1.93 bits per heavy atom. The molecule has 0 spiro atoms. The quantitative estimate of drug-likeness (QED) is 0.424. The zero-order valence-corrected chi connectivity index (χ0v) is 13.5. The Balaban J connectivity index is 0. The van der Waals surface area contributed by atoms with Gasteiger partial charge in [0.05, 0.1) is 0 Å². The van der Waals surface area contributed by atoms with Gasteiger partial charge in [0.2, 0.25) is 0 Å². The van der Waals surface area contributed by atoms with Crippen molar-refractivity contribution in [3.05, 3.63) is 12.7 Å². The lowest BCUT2D eigenvalue weighted by Gasteiger charge is -2.14. The van der Waals surface area contributed by atoms with Crippen LogP contribution in [-0.2, 0) is 8.91 Å². The SMILES string of the molecule is C=CCC(C)(C)C=O.C[SiH2]O[Si](C)(C)C. The van der Waals surface area contributed by atoms with Crippen molar-refractivity contribution in [2.75, 3.05) is 0 Å². The van der Waals surface area contributed by atoms with Crippen LogP contribution in [0.5, 0.6) is 0 Å². The van der Waals surface area contributed by atoms with E-state index in [0.717, 1.165) is 12.7 Å². The smallest absolute Gasteiger partial charge is 0.169 e. The first-order valence-corrected chi connectivity index (χ1v) is 10.8. The largest absolute Gasteiger partial charge is 0.461 e. The minimum absolute atomic E-state index is 0.128. The van der Waals surface area contributed by atoms with Gasteiger partial charge in [0, 0.05) is 5.41 Å². The summed E-state index contributed by atoms with van der Waals surface area (Å²) in [4.78, 5) is 10.2. The third-order valence-electron chi connectivity index (χ3n) is 1.57. The lowest BCUT2D eigenvalue weighted by Crippen LogP contribution is -2.26. The molecule has 90 valence electrons. The van der Waals surface area contributed by atoms with Crippen molar-refractivity contribution in [1.29, 1.82) is 0 Å². The number of carbonyl (C=O) groups is 1. The average molecular weight is 246 g/mol. The number of aldehydes is 1. The summed E-state index contributed by atoms with van der Waals surface area (Å²) in [5, 5.41) is 0. The van der Waals surface area contributed by atoms with Gasteiger partial charge in [0.25, 0.3) is 0 Å². The monoisotopic (exact) mass is 246 g/mol. The lowest BCUT2D eigenvalue weighted by atomic mass is 9.92. The number of rotatable bonds is 5. The summed E-state index contributed by atoms with van der Waals surface area (Å²) in [5.74, 6) is 0. The average Bonchev–Trinajstić information content (AvgIpc) is 2.03. The maximum absolute atomic E-state index is 10.2. The fourth-order valence-electron chi connectivity index (χ4n) is 0.853. The van der Waals surface area contributed by atoms with Gasteiger partial charge in [-0.15, -0.1) is 6.58 Å².